The lowest BCUT2D eigenvalue weighted by Crippen LogP contribution is -2.00. The summed E-state index contributed by atoms with van der Waals surface area (Å²) in [6, 6.07) is 0. The topological polar surface area (TPSA) is 0 Å². The van der Waals surface area contributed by atoms with Gasteiger partial charge in [0.1, 0.15) is 6.17 Å². The molecule has 0 aromatic carbocycles. The van der Waals surface area contributed by atoms with Crippen molar-refractivity contribution >= 4 is 0 Å². The van der Waals surface area contributed by atoms with E-state index in [-0.39, 0.29) is 0 Å². The Bertz CT molecular complexity index is 251. The van der Waals surface area contributed by atoms with Gasteiger partial charge >= 0.3 is 0 Å². The van der Waals surface area contributed by atoms with Gasteiger partial charge in [-0.1, -0.05) is 149 Å². The zero-order valence-corrected chi connectivity index (χ0v) is 19.2. The molecule has 0 N–H and O–H groups in total. The van der Waals surface area contributed by atoms with Crippen LogP contribution in [0.3, 0.4) is 0 Å². The maximum Gasteiger partial charge on any atom is 0.100 e. The zero-order chi connectivity index (χ0) is 19.8. The van der Waals surface area contributed by atoms with Crippen LogP contribution in [0.1, 0.15) is 162 Å². The fourth-order valence-corrected chi connectivity index (χ4v) is 4.03. The van der Waals surface area contributed by atoms with Gasteiger partial charge in [-0.3, -0.25) is 0 Å². The van der Waals surface area contributed by atoms with E-state index < -0.39 is 6.17 Å². The quantitative estimate of drug-likeness (QED) is 0.154. The van der Waals surface area contributed by atoms with Gasteiger partial charge in [0, 0.05) is 0 Å². The van der Waals surface area contributed by atoms with E-state index in [4.69, 9.17) is 0 Å². The Morgan fingerprint density at radius 3 is 0.852 bits per heavy atom. The number of rotatable bonds is 23. The molecule has 0 amide bonds. The smallest absolute Gasteiger partial charge is 0.100 e. The van der Waals surface area contributed by atoms with Gasteiger partial charge in [0.2, 0.25) is 0 Å². The van der Waals surface area contributed by atoms with E-state index in [9.17, 15) is 4.39 Å². The standard InChI is InChI=1S/C26H53F/c1-3-5-7-9-11-13-14-15-16-17-19-21-23-25-26(27)24-22-20-18-12-10-8-6-4-2/h26H,3-25H2,1-2H3. The fourth-order valence-electron chi connectivity index (χ4n) is 4.03. The summed E-state index contributed by atoms with van der Waals surface area (Å²) in [6.07, 6.45) is 29.4. The summed E-state index contributed by atoms with van der Waals surface area (Å²) >= 11 is 0. The summed E-state index contributed by atoms with van der Waals surface area (Å²) in [5, 5.41) is 0. The molecule has 0 rings (SSSR count). The average molecular weight is 385 g/mol. The molecule has 0 aliphatic rings. The lowest BCUT2D eigenvalue weighted by atomic mass is 10.0. The third kappa shape index (κ3) is 23.9. The van der Waals surface area contributed by atoms with Crippen molar-refractivity contribution in [2.75, 3.05) is 0 Å². The largest absolute Gasteiger partial charge is 0.247 e. The van der Waals surface area contributed by atoms with Crippen LogP contribution >= 0.6 is 0 Å². The molecule has 1 heteroatoms. The predicted octanol–water partition coefficient (Wildman–Crippen LogP) is 10.3. The number of alkyl halides is 1. The van der Waals surface area contributed by atoms with Crippen LogP contribution in [-0.2, 0) is 0 Å². The van der Waals surface area contributed by atoms with Crippen LogP contribution < -0.4 is 0 Å². The first kappa shape index (κ1) is 26.9. The van der Waals surface area contributed by atoms with Gasteiger partial charge in [-0.05, 0) is 12.8 Å². The molecule has 0 saturated heterocycles. The number of halogens is 1. The van der Waals surface area contributed by atoms with Crippen LogP contribution in [0.4, 0.5) is 4.39 Å². The van der Waals surface area contributed by atoms with Gasteiger partial charge < -0.3 is 0 Å². The van der Waals surface area contributed by atoms with Crippen LogP contribution in [0.15, 0.2) is 0 Å². The molecule has 0 aromatic rings. The van der Waals surface area contributed by atoms with Crippen molar-refractivity contribution in [3.05, 3.63) is 0 Å². The van der Waals surface area contributed by atoms with Crippen molar-refractivity contribution in [2.45, 2.75) is 168 Å². The van der Waals surface area contributed by atoms with E-state index in [2.05, 4.69) is 13.8 Å². The second-order valence-electron chi connectivity index (χ2n) is 8.89. The molecule has 1 unspecified atom stereocenters. The van der Waals surface area contributed by atoms with E-state index in [0.29, 0.717) is 0 Å². The fraction of sp³-hybridized carbons (Fsp3) is 1.00. The minimum absolute atomic E-state index is 0.530. The molecule has 0 aliphatic carbocycles. The average Bonchev–Trinajstić information content (AvgIpc) is 2.67. The second kappa shape index (κ2) is 24.0. The lowest BCUT2D eigenvalue weighted by molar-refractivity contribution is 0.279. The van der Waals surface area contributed by atoms with Gasteiger partial charge in [-0.25, -0.2) is 4.39 Å². The van der Waals surface area contributed by atoms with Crippen LogP contribution in [0.25, 0.3) is 0 Å². The highest BCUT2D eigenvalue weighted by atomic mass is 19.1. The molecular weight excluding hydrogens is 331 g/mol. The molecule has 1 atom stereocenters. The van der Waals surface area contributed by atoms with Gasteiger partial charge in [-0.2, -0.15) is 0 Å². The molecule has 0 aliphatic heterocycles. The van der Waals surface area contributed by atoms with E-state index in [1.165, 1.54) is 122 Å². The minimum atomic E-state index is -0.530. The monoisotopic (exact) mass is 384 g/mol. The van der Waals surface area contributed by atoms with Crippen molar-refractivity contribution in [1.82, 2.24) is 0 Å². The normalized spacial score (nSPS) is 12.6. The molecule has 27 heavy (non-hydrogen) atoms. The molecule has 0 aromatic heterocycles. The Labute approximate surface area is 172 Å². The first-order valence-corrected chi connectivity index (χ1v) is 12.9. The Kier molecular flexibility index (Phi) is 23.9. The Morgan fingerprint density at radius 1 is 0.370 bits per heavy atom. The summed E-state index contributed by atoms with van der Waals surface area (Å²) in [5.74, 6) is 0. The minimum Gasteiger partial charge on any atom is -0.247 e. The molecule has 0 heterocycles. The van der Waals surface area contributed by atoms with Crippen LogP contribution in [0, 0.1) is 0 Å². The molecular formula is C26H53F. The van der Waals surface area contributed by atoms with Crippen molar-refractivity contribution < 1.29 is 4.39 Å². The van der Waals surface area contributed by atoms with Gasteiger partial charge in [0.05, 0.1) is 0 Å². The maximum absolute atomic E-state index is 13.9. The Morgan fingerprint density at radius 2 is 0.593 bits per heavy atom. The van der Waals surface area contributed by atoms with Gasteiger partial charge in [0.15, 0.2) is 0 Å². The van der Waals surface area contributed by atoms with Crippen molar-refractivity contribution in [3.63, 3.8) is 0 Å². The highest BCUT2D eigenvalue weighted by Crippen LogP contribution is 2.17. The van der Waals surface area contributed by atoms with Crippen LogP contribution in [0.2, 0.25) is 0 Å². The molecule has 0 nitrogen and oxygen atoms in total. The van der Waals surface area contributed by atoms with E-state index in [1.54, 1.807) is 0 Å². The summed E-state index contributed by atoms with van der Waals surface area (Å²) in [7, 11) is 0. The molecule has 0 bridgehead atoms. The third-order valence-electron chi connectivity index (χ3n) is 5.99. The van der Waals surface area contributed by atoms with Crippen LogP contribution in [0.5, 0.6) is 0 Å². The number of hydrogen-bond acceptors (Lipinski definition) is 0. The number of unbranched alkanes of at least 4 members (excludes halogenated alkanes) is 19. The molecule has 0 radical (unpaired) electrons. The van der Waals surface area contributed by atoms with Crippen molar-refractivity contribution in [3.8, 4) is 0 Å². The molecule has 164 valence electrons. The zero-order valence-electron chi connectivity index (χ0n) is 19.2. The predicted molar refractivity (Wildman–Crippen MR) is 122 cm³/mol. The SMILES string of the molecule is CCCCCCCCCCCCCCCC(F)CCCCCCCCCC. The molecule has 0 saturated carbocycles. The summed E-state index contributed by atoms with van der Waals surface area (Å²) in [5.41, 5.74) is 0. The summed E-state index contributed by atoms with van der Waals surface area (Å²) in [4.78, 5) is 0. The molecule has 0 spiro atoms. The summed E-state index contributed by atoms with van der Waals surface area (Å²) < 4.78 is 13.9. The van der Waals surface area contributed by atoms with E-state index in [0.717, 1.165) is 25.7 Å². The maximum atomic E-state index is 13.9. The highest BCUT2D eigenvalue weighted by molar-refractivity contribution is 4.58. The Balaban J connectivity index is 3.11. The lowest BCUT2D eigenvalue weighted by Gasteiger charge is -2.08. The van der Waals surface area contributed by atoms with Crippen molar-refractivity contribution in [2.24, 2.45) is 0 Å². The van der Waals surface area contributed by atoms with Crippen molar-refractivity contribution in [1.29, 1.82) is 0 Å². The second-order valence-corrected chi connectivity index (χ2v) is 8.89. The highest BCUT2D eigenvalue weighted by Gasteiger charge is 2.05. The van der Waals surface area contributed by atoms with E-state index >= 15 is 0 Å². The Hall–Kier alpha value is -0.0700. The summed E-state index contributed by atoms with van der Waals surface area (Å²) in [6.45, 7) is 4.55. The first-order chi connectivity index (χ1) is 13.3. The number of hydrogen-bond donors (Lipinski definition) is 0. The van der Waals surface area contributed by atoms with Crippen LogP contribution in [-0.4, -0.2) is 6.17 Å². The first-order valence-electron chi connectivity index (χ1n) is 12.9. The van der Waals surface area contributed by atoms with Gasteiger partial charge in [-0.15, -0.1) is 0 Å². The van der Waals surface area contributed by atoms with Gasteiger partial charge in [0.25, 0.3) is 0 Å². The van der Waals surface area contributed by atoms with E-state index in [1.807, 2.05) is 0 Å². The molecule has 0 fully saturated rings. The third-order valence-corrected chi connectivity index (χ3v) is 5.99.